The molecule has 0 radical (unpaired) electrons. The Kier molecular flexibility index (Phi) is 1.30. The quantitative estimate of drug-likeness (QED) is 0.467. The average molecular weight is 139 g/mol. The molecular weight excluding hydrogens is 135 g/mol. The van der Waals surface area contributed by atoms with Crippen LogP contribution in [0.15, 0.2) is 12.4 Å². The normalized spacial score (nSPS) is 19.1. The predicted octanol–water partition coefficient (Wildman–Crippen LogP) is 1.34. The molecule has 0 aromatic carbocycles. The Morgan fingerprint density at radius 3 is 1.71 bits per heavy atom. The second-order valence-electron chi connectivity index (χ2n) is 1.24. The highest BCUT2D eigenvalue weighted by Gasteiger charge is 2.04. The van der Waals surface area contributed by atoms with E-state index in [9.17, 15) is 0 Å². The maximum atomic E-state index is 5.43. The molecule has 1 aliphatic heterocycles. The lowest BCUT2D eigenvalue weighted by Crippen LogP contribution is -2.08. The van der Waals surface area contributed by atoms with E-state index in [-0.39, 0.29) is 0 Å². The standard InChI is InChI=1S/C3H4Cl2N2/c4-6-1-2-7(5)3-6/h1-2H,3H2. The van der Waals surface area contributed by atoms with E-state index < -0.39 is 0 Å². The van der Waals surface area contributed by atoms with E-state index in [1.165, 1.54) is 8.84 Å². The Hall–Kier alpha value is -0.0800. The molecule has 0 aromatic heterocycles. The van der Waals surface area contributed by atoms with Crippen molar-refractivity contribution in [3.8, 4) is 0 Å². The average Bonchev–Trinajstić information content (AvgIpc) is 1.87. The van der Waals surface area contributed by atoms with Crippen molar-refractivity contribution in [2.24, 2.45) is 0 Å². The van der Waals surface area contributed by atoms with Crippen LogP contribution in [0.25, 0.3) is 0 Å². The number of rotatable bonds is 0. The fourth-order valence-electron chi connectivity index (χ4n) is 0.368. The third-order valence-corrected chi connectivity index (χ3v) is 1.10. The van der Waals surface area contributed by atoms with Gasteiger partial charge in [-0.1, -0.05) is 0 Å². The number of nitrogens with zero attached hydrogens (tertiary/aromatic N) is 2. The van der Waals surface area contributed by atoms with Gasteiger partial charge in [0.1, 0.15) is 6.67 Å². The number of hydrogen-bond acceptors (Lipinski definition) is 2. The molecule has 0 fully saturated rings. The summed E-state index contributed by atoms with van der Waals surface area (Å²) >= 11 is 10.9. The molecule has 0 atom stereocenters. The molecule has 0 unspecified atom stereocenters. The van der Waals surface area contributed by atoms with Crippen molar-refractivity contribution in [3.63, 3.8) is 0 Å². The van der Waals surface area contributed by atoms with Crippen LogP contribution in [0.3, 0.4) is 0 Å². The zero-order valence-electron chi connectivity index (χ0n) is 3.51. The van der Waals surface area contributed by atoms with Crippen molar-refractivity contribution in [2.75, 3.05) is 6.67 Å². The van der Waals surface area contributed by atoms with Gasteiger partial charge in [-0.2, -0.15) is 0 Å². The largest absolute Gasteiger partial charge is 0.270 e. The molecule has 2 nitrogen and oxygen atoms in total. The minimum absolute atomic E-state index is 0.559. The maximum Gasteiger partial charge on any atom is 0.120 e. The zero-order chi connectivity index (χ0) is 5.28. The highest BCUT2D eigenvalue weighted by molar-refractivity contribution is 6.17. The summed E-state index contributed by atoms with van der Waals surface area (Å²) < 4.78 is 2.93. The Labute approximate surface area is 52.1 Å². The third kappa shape index (κ3) is 1.14. The van der Waals surface area contributed by atoms with Crippen LogP contribution in [-0.4, -0.2) is 15.5 Å². The van der Waals surface area contributed by atoms with Crippen molar-refractivity contribution in [3.05, 3.63) is 12.4 Å². The molecule has 1 heterocycles. The van der Waals surface area contributed by atoms with Crippen LogP contribution in [0.5, 0.6) is 0 Å². The van der Waals surface area contributed by atoms with Gasteiger partial charge in [-0.05, 0) is 0 Å². The van der Waals surface area contributed by atoms with E-state index in [1.54, 1.807) is 12.4 Å². The van der Waals surface area contributed by atoms with Crippen LogP contribution in [0, 0.1) is 0 Å². The first kappa shape index (κ1) is 5.06. The number of halogens is 2. The fourth-order valence-corrected chi connectivity index (χ4v) is 0.754. The molecule has 1 aliphatic rings. The number of hydrogen-bond donors (Lipinski definition) is 0. The van der Waals surface area contributed by atoms with Gasteiger partial charge >= 0.3 is 0 Å². The summed E-state index contributed by atoms with van der Waals surface area (Å²) in [5, 5.41) is 0. The van der Waals surface area contributed by atoms with Crippen LogP contribution in [0.1, 0.15) is 0 Å². The molecule has 0 saturated carbocycles. The minimum atomic E-state index is 0.559. The summed E-state index contributed by atoms with van der Waals surface area (Å²) in [4.78, 5) is 0. The van der Waals surface area contributed by atoms with Crippen LogP contribution in [-0.2, 0) is 0 Å². The van der Waals surface area contributed by atoms with Crippen molar-refractivity contribution in [2.45, 2.75) is 0 Å². The minimum Gasteiger partial charge on any atom is -0.270 e. The lowest BCUT2D eigenvalue weighted by Gasteiger charge is -2.04. The van der Waals surface area contributed by atoms with Gasteiger partial charge in [-0.15, -0.1) is 0 Å². The first-order chi connectivity index (χ1) is 3.29. The zero-order valence-corrected chi connectivity index (χ0v) is 5.02. The molecule has 0 spiro atoms. The van der Waals surface area contributed by atoms with Crippen LogP contribution < -0.4 is 0 Å². The van der Waals surface area contributed by atoms with Gasteiger partial charge in [0.05, 0.1) is 0 Å². The Balaban J connectivity index is 2.42. The maximum absolute atomic E-state index is 5.43. The van der Waals surface area contributed by atoms with Gasteiger partial charge in [0.2, 0.25) is 0 Å². The second kappa shape index (κ2) is 1.80. The van der Waals surface area contributed by atoms with E-state index in [1.807, 2.05) is 0 Å². The highest BCUT2D eigenvalue weighted by Crippen LogP contribution is 2.09. The van der Waals surface area contributed by atoms with Crippen molar-refractivity contribution < 1.29 is 0 Å². The first-order valence-corrected chi connectivity index (χ1v) is 2.50. The fraction of sp³-hybridized carbons (Fsp3) is 0.333. The molecule has 0 aliphatic carbocycles. The van der Waals surface area contributed by atoms with E-state index in [4.69, 9.17) is 23.6 Å². The molecule has 7 heavy (non-hydrogen) atoms. The van der Waals surface area contributed by atoms with Crippen molar-refractivity contribution in [1.82, 2.24) is 8.84 Å². The predicted molar refractivity (Wildman–Crippen MR) is 29.4 cm³/mol. The lowest BCUT2D eigenvalue weighted by atomic mass is 11.0. The lowest BCUT2D eigenvalue weighted by molar-refractivity contribution is 0.498. The Morgan fingerprint density at radius 2 is 1.57 bits per heavy atom. The van der Waals surface area contributed by atoms with Gasteiger partial charge in [0.15, 0.2) is 0 Å². The SMILES string of the molecule is ClN1C=CN(Cl)C1. The van der Waals surface area contributed by atoms with E-state index in [2.05, 4.69) is 0 Å². The molecule has 1 rings (SSSR count). The monoisotopic (exact) mass is 138 g/mol. The molecular formula is C3H4Cl2N2. The van der Waals surface area contributed by atoms with Crippen molar-refractivity contribution in [1.29, 1.82) is 0 Å². The van der Waals surface area contributed by atoms with E-state index in [0.717, 1.165) is 0 Å². The summed E-state index contributed by atoms with van der Waals surface area (Å²) in [5.74, 6) is 0. The molecule has 0 aromatic rings. The second-order valence-corrected chi connectivity index (χ2v) is 2.11. The molecule has 0 amide bonds. The molecule has 0 saturated heterocycles. The summed E-state index contributed by atoms with van der Waals surface area (Å²) in [6, 6.07) is 0. The Morgan fingerprint density at radius 1 is 1.14 bits per heavy atom. The highest BCUT2D eigenvalue weighted by atomic mass is 35.5. The van der Waals surface area contributed by atoms with Crippen LogP contribution in [0.2, 0.25) is 0 Å². The summed E-state index contributed by atoms with van der Waals surface area (Å²) in [6.07, 6.45) is 3.38. The summed E-state index contributed by atoms with van der Waals surface area (Å²) in [5.41, 5.74) is 0. The van der Waals surface area contributed by atoms with Crippen molar-refractivity contribution >= 4 is 23.6 Å². The first-order valence-electron chi connectivity index (χ1n) is 1.82. The van der Waals surface area contributed by atoms with Gasteiger partial charge < -0.3 is 0 Å². The topological polar surface area (TPSA) is 6.48 Å². The van der Waals surface area contributed by atoms with E-state index in [0.29, 0.717) is 6.67 Å². The summed E-state index contributed by atoms with van der Waals surface area (Å²) in [6.45, 7) is 0.559. The summed E-state index contributed by atoms with van der Waals surface area (Å²) in [7, 11) is 0. The molecule has 4 heteroatoms. The molecule has 40 valence electrons. The van der Waals surface area contributed by atoms with Crippen LogP contribution in [0.4, 0.5) is 0 Å². The van der Waals surface area contributed by atoms with Gasteiger partial charge in [0.25, 0.3) is 0 Å². The smallest absolute Gasteiger partial charge is 0.120 e. The Bertz CT molecular complexity index is 82.9. The van der Waals surface area contributed by atoms with Gasteiger partial charge in [0, 0.05) is 36.0 Å². The van der Waals surface area contributed by atoms with Gasteiger partial charge in [-0.3, -0.25) is 8.84 Å². The molecule has 0 N–H and O–H groups in total. The van der Waals surface area contributed by atoms with Crippen LogP contribution >= 0.6 is 23.6 Å². The van der Waals surface area contributed by atoms with E-state index >= 15 is 0 Å². The molecule has 0 bridgehead atoms. The third-order valence-electron chi connectivity index (χ3n) is 0.660. The van der Waals surface area contributed by atoms with Gasteiger partial charge in [-0.25, -0.2) is 0 Å².